The van der Waals surface area contributed by atoms with Gasteiger partial charge in [-0.2, -0.15) is 0 Å². The molecule has 2 atom stereocenters. The van der Waals surface area contributed by atoms with Gasteiger partial charge in [-0.25, -0.2) is 23.0 Å². The quantitative estimate of drug-likeness (QED) is 0.252. The SMILES string of the molecule is [C-]#[N+]c1c(-c2c[nH]c3c(F)cc(F)cc23)nc(NC2C3CCC(CC3)C2C)c(F)c1-c1ccc(C(C)(C)C)cc1. The second-order valence-corrected chi connectivity index (χ2v) is 12.5. The maximum Gasteiger partial charge on any atom is 0.223 e. The highest BCUT2D eigenvalue weighted by molar-refractivity contribution is 6.01. The van der Waals surface area contributed by atoms with Crippen LogP contribution in [0.4, 0.5) is 24.7 Å². The first-order valence-corrected chi connectivity index (χ1v) is 14.0. The van der Waals surface area contributed by atoms with Crippen LogP contribution in [0.2, 0.25) is 0 Å². The summed E-state index contributed by atoms with van der Waals surface area (Å²) in [7, 11) is 0. The highest BCUT2D eigenvalue weighted by Crippen LogP contribution is 2.48. The van der Waals surface area contributed by atoms with E-state index in [9.17, 15) is 8.78 Å². The molecule has 3 aliphatic rings. The number of benzene rings is 2. The van der Waals surface area contributed by atoms with E-state index in [2.05, 4.69) is 47.8 Å². The number of hydrogen-bond donors (Lipinski definition) is 2. The first kappa shape index (κ1) is 26.4. The Balaban J connectivity index is 1.57. The van der Waals surface area contributed by atoms with Gasteiger partial charge in [-0.05, 0) is 66.0 Å². The van der Waals surface area contributed by atoms with Crippen molar-refractivity contribution in [1.82, 2.24) is 9.97 Å². The number of nitrogens with zero attached hydrogens (tertiary/aromatic N) is 2. The fourth-order valence-corrected chi connectivity index (χ4v) is 6.86. The van der Waals surface area contributed by atoms with E-state index >= 15 is 4.39 Å². The fraction of sp³-hybridized carbons (Fsp3) is 0.394. The number of nitrogens with one attached hydrogen (secondary N) is 2. The van der Waals surface area contributed by atoms with Crippen molar-refractivity contribution < 1.29 is 13.2 Å². The molecule has 3 saturated carbocycles. The number of anilines is 1. The highest BCUT2D eigenvalue weighted by atomic mass is 19.1. The van der Waals surface area contributed by atoms with Crippen molar-refractivity contribution in [3.05, 3.63) is 77.0 Å². The fourth-order valence-electron chi connectivity index (χ4n) is 6.86. The largest absolute Gasteiger partial charge is 0.364 e. The Labute approximate surface area is 232 Å². The molecule has 7 rings (SSSR count). The van der Waals surface area contributed by atoms with Gasteiger partial charge in [-0.15, -0.1) is 0 Å². The molecule has 3 aliphatic carbocycles. The monoisotopic (exact) mass is 542 g/mol. The molecular formula is C33H33F3N4. The smallest absolute Gasteiger partial charge is 0.223 e. The molecule has 0 radical (unpaired) electrons. The van der Waals surface area contributed by atoms with Crippen molar-refractivity contribution in [3.8, 4) is 22.4 Å². The Morgan fingerprint density at radius 2 is 1.68 bits per heavy atom. The van der Waals surface area contributed by atoms with Gasteiger partial charge >= 0.3 is 0 Å². The molecule has 4 nitrogen and oxygen atoms in total. The number of H-pyrrole nitrogens is 1. The second-order valence-electron chi connectivity index (χ2n) is 12.5. The Morgan fingerprint density at radius 1 is 1.00 bits per heavy atom. The van der Waals surface area contributed by atoms with Crippen molar-refractivity contribution in [2.24, 2.45) is 17.8 Å². The minimum atomic E-state index is -0.740. The molecule has 3 fully saturated rings. The summed E-state index contributed by atoms with van der Waals surface area (Å²) < 4.78 is 45.4. The number of halogens is 3. The van der Waals surface area contributed by atoms with Crippen LogP contribution in [0.5, 0.6) is 0 Å². The lowest BCUT2D eigenvalue weighted by atomic mass is 9.62. The first-order chi connectivity index (χ1) is 19.1. The maximum absolute atomic E-state index is 16.5. The van der Waals surface area contributed by atoms with Crippen LogP contribution in [0.1, 0.15) is 58.9 Å². The summed E-state index contributed by atoms with van der Waals surface area (Å²) in [6.45, 7) is 16.6. The average Bonchev–Trinajstić information content (AvgIpc) is 3.35. The molecule has 0 saturated heterocycles. The van der Waals surface area contributed by atoms with Crippen LogP contribution >= 0.6 is 0 Å². The van der Waals surface area contributed by atoms with E-state index in [4.69, 9.17) is 6.57 Å². The summed E-state index contributed by atoms with van der Waals surface area (Å²) in [6.07, 6.45) is 6.11. The number of pyridine rings is 1. The molecule has 2 aromatic heterocycles. The normalized spacial score (nSPS) is 22.4. The number of hydrogen-bond acceptors (Lipinski definition) is 2. The summed E-state index contributed by atoms with van der Waals surface area (Å²) in [5.41, 5.74) is 2.36. The van der Waals surface area contributed by atoms with Gasteiger partial charge in [0.25, 0.3) is 0 Å². The summed E-state index contributed by atoms with van der Waals surface area (Å²) in [6, 6.07) is 9.67. The summed E-state index contributed by atoms with van der Waals surface area (Å²) in [5, 5.41) is 3.71. The van der Waals surface area contributed by atoms with Gasteiger partial charge in [0.05, 0.1) is 17.8 Å². The van der Waals surface area contributed by atoms with Crippen LogP contribution in [-0.2, 0) is 5.41 Å². The lowest BCUT2D eigenvalue weighted by molar-refractivity contribution is 0.0926. The van der Waals surface area contributed by atoms with Gasteiger partial charge in [0.15, 0.2) is 11.6 Å². The molecular weight excluding hydrogens is 509 g/mol. The Hall–Kier alpha value is -3.79. The molecule has 206 valence electrons. The highest BCUT2D eigenvalue weighted by Gasteiger charge is 2.42. The van der Waals surface area contributed by atoms with Crippen LogP contribution in [0.15, 0.2) is 42.6 Å². The Morgan fingerprint density at radius 3 is 2.30 bits per heavy atom. The van der Waals surface area contributed by atoms with Crippen molar-refractivity contribution in [1.29, 1.82) is 0 Å². The summed E-state index contributed by atoms with van der Waals surface area (Å²) >= 11 is 0. The maximum atomic E-state index is 16.5. The molecule has 2 aromatic carbocycles. The predicted octanol–water partition coefficient (Wildman–Crippen LogP) is 9.40. The van der Waals surface area contributed by atoms with Crippen LogP contribution in [0.25, 0.3) is 38.1 Å². The van der Waals surface area contributed by atoms with Crippen LogP contribution in [-0.4, -0.2) is 16.0 Å². The van der Waals surface area contributed by atoms with Crippen LogP contribution in [0.3, 0.4) is 0 Å². The standard InChI is InChI=1S/C33H33F3N4/c1-17-18-6-8-20(9-7-18)28(17)39-32-27(36)26(19-10-12-21(13-11-19)33(2,3)4)31(37-5)30(40-32)24-16-38-29-23(24)14-22(34)15-25(29)35/h10-18,20,28,38H,6-9H2,1-4H3,(H,39,40). The molecule has 2 bridgehead atoms. The lowest BCUT2D eigenvalue weighted by Crippen LogP contribution is -2.47. The average molecular weight is 543 g/mol. The first-order valence-electron chi connectivity index (χ1n) is 14.0. The van der Waals surface area contributed by atoms with E-state index in [0.29, 0.717) is 28.9 Å². The number of aromatic amines is 1. The van der Waals surface area contributed by atoms with Crippen molar-refractivity contribution in [2.75, 3.05) is 5.32 Å². The van der Waals surface area contributed by atoms with E-state index < -0.39 is 17.5 Å². The molecule has 0 amide bonds. The van der Waals surface area contributed by atoms with Gasteiger partial charge in [-0.3, -0.25) is 0 Å². The molecule has 2 unspecified atom stereocenters. The zero-order chi connectivity index (χ0) is 28.3. The van der Waals surface area contributed by atoms with E-state index in [1.807, 2.05) is 24.3 Å². The van der Waals surface area contributed by atoms with Gasteiger partial charge < -0.3 is 10.3 Å². The van der Waals surface area contributed by atoms with Gasteiger partial charge in [0.2, 0.25) is 5.69 Å². The van der Waals surface area contributed by atoms with E-state index in [1.54, 1.807) is 0 Å². The number of fused-ring (bicyclic) bond motifs is 4. The van der Waals surface area contributed by atoms with Crippen LogP contribution in [0, 0.1) is 41.8 Å². The molecule has 40 heavy (non-hydrogen) atoms. The third-order valence-corrected chi connectivity index (χ3v) is 9.16. The summed E-state index contributed by atoms with van der Waals surface area (Å²) in [5.74, 6) is -0.593. The zero-order valence-electron chi connectivity index (χ0n) is 23.2. The third-order valence-electron chi connectivity index (χ3n) is 9.16. The van der Waals surface area contributed by atoms with Gasteiger partial charge in [0.1, 0.15) is 11.6 Å². The number of rotatable bonds is 4. The second kappa shape index (κ2) is 9.69. The minimum Gasteiger partial charge on any atom is -0.364 e. The van der Waals surface area contributed by atoms with Crippen molar-refractivity contribution in [2.45, 2.75) is 64.8 Å². The van der Waals surface area contributed by atoms with Crippen LogP contribution < -0.4 is 5.32 Å². The molecule has 0 spiro atoms. The molecule has 2 N–H and O–H groups in total. The Bertz CT molecular complexity index is 1630. The minimum absolute atomic E-state index is 0.00958. The number of aromatic nitrogens is 2. The van der Waals surface area contributed by atoms with Gasteiger partial charge in [0, 0.05) is 34.8 Å². The lowest BCUT2D eigenvalue weighted by Gasteiger charge is -2.47. The molecule has 7 heteroatoms. The third kappa shape index (κ3) is 4.34. The van der Waals surface area contributed by atoms with E-state index in [-0.39, 0.29) is 45.1 Å². The van der Waals surface area contributed by atoms with Crippen molar-refractivity contribution >= 4 is 22.4 Å². The Kier molecular flexibility index (Phi) is 6.40. The van der Waals surface area contributed by atoms with Crippen molar-refractivity contribution in [3.63, 3.8) is 0 Å². The van der Waals surface area contributed by atoms with E-state index in [0.717, 1.165) is 24.5 Å². The topological polar surface area (TPSA) is 45.1 Å². The molecule has 0 aliphatic heterocycles. The van der Waals surface area contributed by atoms with Gasteiger partial charge in [-0.1, -0.05) is 52.0 Å². The molecule has 4 aromatic rings. The van der Waals surface area contributed by atoms with E-state index in [1.165, 1.54) is 25.1 Å². The zero-order valence-corrected chi connectivity index (χ0v) is 23.2. The summed E-state index contributed by atoms with van der Waals surface area (Å²) in [4.78, 5) is 11.3. The predicted molar refractivity (Wildman–Crippen MR) is 154 cm³/mol. The molecule has 2 heterocycles.